The molecule has 0 bridgehead atoms. The third-order valence-corrected chi connectivity index (χ3v) is 2.61. The van der Waals surface area contributed by atoms with Crippen LogP contribution in [0.25, 0.3) is 5.95 Å². The quantitative estimate of drug-likeness (QED) is 0.725. The first-order valence-corrected chi connectivity index (χ1v) is 6.58. The molecule has 9 nitrogen and oxygen atoms in total. The Bertz CT molecular complexity index is 597. The van der Waals surface area contributed by atoms with Gasteiger partial charge in [0.15, 0.2) is 0 Å². The first-order valence-electron chi connectivity index (χ1n) is 6.58. The molecule has 1 amide bonds. The van der Waals surface area contributed by atoms with Crippen LogP contribution in [0.1, 0.15) is 13.3 Å². The molecule has 3 N–H and O–H groups in total. The minimum atomic E-state index is -0.454. The van der Waals surface area contributed by atoms with Gasteiger partial charge in [-0.2, -0.15) is 15.0 Å². The molecule has 0 unspecified atom stereocenters. The van der Waals surface area contributed by atoms with Crippen molar-refractivity contribution < 1.29 is 4.79 Å². The van der Waals surface area contributed by atoms with Gasteiger partial charge in [-0.25, -0.2) is 4.98 Å². The van der Waals surface area contributed by atoms with Crippen molar-refractivity contribution in [3.8, 4) is 5.95 Å². The summed E-state index contributed by atoms with van der Waals surface area (Å²) in [4.78, 5) is 29.5. The summed E-state index contributed by atoms with van der Waals surface area (Å²) in [5.41, 5.74) is 5.20. The molecular weight excluding hydrogens is 272 g/mol. The van der Waals surface area contributed by atoms with E-state index in [-0.39, 0.29) is 6.54 Å². The molecule has 2 rings (SSSR count). The number of rotatable bonds is 7. The van der Waals surface area contributed by atoms with Crippen LogP contribution in [0, 0.1) is 0 Å². The first-order chi connectivity index (χ1) is 10.1. The van der Waals surface area contributed by atoms with Crippen molar-refractivity contribution in [2.75, 3.05) is 30.4 Å². The molecular formula is C12H18N8O. The van der Waals surface area contributed by atoms with Crippen molar-refractivity contribution in [3.05, 3.63) is 18.7 Å². The molecule has 2 aromatic rings. The third kappa shape index (κ3) is 3.88. The Balaban J connectivity index is 2.34. The minimum absolute atomic E-state index is 0.0284. The lowest BCUT2D eigenvalue weighted by molar-refractivity contribution is -0.116. The van der Waals surface area contributed by atoms with Crippen LogP contribution in [-0.2, 0) is 4.79 Å². The highest BCUT2D eigenvalue weighted by atomic mass is 16.1. The van der Waals surface area contributed by atoms with Gasteiger partial charge in [-0.05, 0) is 6.42 Å². The number of primary amides is 1. The van der Waals surface area contributed by atoms with Crippen LogP contribution < -0.4 is 16.0 Å². The number of likely N-dealkylation sites (N-methyl/N-ethyl adjacent to an activating group) is 1. The first kappa shape index (κ1) is 14.7. The van der Waals surface area contributed by atoms with Crippen molar-refractivity contribution in [3.63, 3.8) is 0 Å². The van der Waals surface area contributed by atoms with E-state index in [1.807, 2.05) is 6.92 Å². The Kier molecular flexibility index (Phi) is 4.64. The predicted octanol–water partition coefficient (Wildman–Crippen LogP) is -0.199. The van der Waals surface area contributed by atoms with Crippen LogP contribution in [0.5, 0.6) is 0 Å². The van der Waals surface area contributed by atoms with Gasteiger partial charge in [-0.3, -0.25) is 9.36 Å². The zero-order valence-electron chi connectivity index (χ0n) is 12.0. The molecule has 0 radical (unpaired) electrons. The molecule has 112 valence electrons. The smallest absolute Gasteiger partial charge is 0.241 e. The van der Waals surface area contributed by atoms with Crippen molar-refractivity contribution >= 4 is 17.8 Å². The van der Waals surface area contributed by atoms with Gasteiger partial charge >= 0.3 is 0 Å². The highest BCUT2D eigenvalue weighted by molar-refractivity contribution is 5.78. The number of nitrogens with one attached hydrogen (secondary N) is 1. The summed E-state index contributed by atoms with van der Waals surface area (Å²) >= 11 is 0. The summed E-state index contributed by atoms with van der Waals surface area (Å²) in [6.07, 6.45) is 5.90. The lowest BCUT2D eigenvalue weighted by Crippen LogP contribution is -2.32. The van der Waals surface area contributed by atoms with Gasteiger partial charge in [0.2, 0.25) is 23.8 Å². The largest absolute Gasteiger partial charge is 0.368 e. The molecule has 0 aromatic carbocycles. The van der Waals surface area contributed by atoms with Gasteiger partial charge in [0.25, 0.3) is 0 Å². The Morgan fingerprint density at radius 2 is 2.24 bits per heavy atom. The summed E-state index contributed by atoms with van der Waals surface area (Å²) in [6.45, 7) is 2.82. The molecule has 0 aliphatic rings. The molecule has 9 heteroatoms. The lowest BCUT2D eigenvalue weighted by atomic mass is 10.5. The Labute approximate surface area is 122 Å². The molecule has 0 saturated heterocycles. The number of anilines is 2. The van der Waals surface area contributed by atoms with E-state index in [1.54, 1.807) is 35.2 Å². The maximum atomic E-state index is 11.0. The maximum absolute atomic E-state index is 11.0. The van der Waals surface area contributed by atoms with Gasteiger partial charge in [0.1, 0.15) is 6.33 Å². The van der Waals surface area contributed by atoms with Crippen LogP contribution in [0.15, 0.2) is 18.7 Å². The number of hydrogen-bond donors (Lipinski definition) is 2. The van der Waals surface area contributed by atoms with Gasteiger partial charge < -0.3 is 16.0 Å². The maximum Gasteiger partial charge on any atom is 0.241 e. The van der Waals surface area contributed by atoms with E-state index < -0.39 is 5.91 Å². The van der Waals surface area contributed by atoms with E-state index in [1.165, 1.54) is 0 Å². The molecule has 0 saturated carbocycles. The number of carbonyl (C=O) groups excluding carboxylic acids is 1. The minimum Gasteiger partial charge on any atom is -0.368 e. The van der Waals surface area contributed by atoms with Gasteiger partial charge in [-0.15, -0.1) is 0 Å². The van der Waals surface area contributed by atoms with E-state index >= 15 is 0 Å². The number of aromatic nitrogens is 5. The number of carbonyl (C=O) groups is 1. The van der Waals surface area contributed by atoms with Crippen LogP contribution >= 0.6 is 0 Å². The zero-order chi connectivity index (χ0) is 15.2. The van der Waals surface area contributed by atoms with E-state index in [0.717, 1.165) is 13.0 Å². The molecule has 0 fully saturated rings. The van der Waals surface area contributed by atoms with Crippen molar-refractivity contribution in [2.45, 2.75) is 13.3 Å². The highest BCUT2D eigenvalue weighted by Crippen LogP contribution is 2.12. The monoisotopic (exact) mass is 290 g/mol. The van der Waals surface area contributed by atoms with Gasteiger partial charge in [-0.1, -0.05) is 6.92 Å². The fraction of sp³-hybridized carbons (Fsp3) is 0.417. The van der Waals surface area contributed by atoms with E-state index in [2.05, 4.69) is 25.3 Å². The summed E-state index contributed by atoms with van der Waals surface area (Å²) in [7, 11) is 1.70. The van der Waals surface area contributed by atoms with Crippen LogP contribution in [0.2, 0.25) is 0 Å². The molecule has 0 spiro atoms. The Morgan fingerprint density at radius 1 is 1.43 bits per heavy atom. The molecule has 0 aliphatic carbocycles. The van der Waals surface area contributed by atoms with Crippen LogP contribution in [-0.4, -0.2) is 50.5 Å². The summed E-state index contributed by atoms with van der Waals surface area (Å²) in [5, 5.41) is 3.11. The molecule has 0 aliphatic heterocycles. The molecule has 2 heterocycles. The van der Waals surface area contributed by atoms with Gasteiger partial charge in [0, 0.05) is 26.0 Å². The number of imidazole rings is 1. The zero-order valence-corrected chi connectivity index (χ0v) is 12.0. The van der Waals surface area contributed by atoms with Crippen LogP contribution in [0.4, 0.5) is 11.9 Å². The van der Waals surface area contributed by atoms with Crippen molar-refractivity contribution in [1.82, 2.24) is 24.5 Å². The molecule has 21 heavy (non-hydrogen) atoms. The number of nitrogens with zero attached hydrogens (tertiary/aromatic N) is 6. The summed E-state index contributed by atoms with van der Waals surface area (Å²) < 4.78 is 1.67. The normalized spacial score (nSPS) is 10.4. The predicted molar refractivity (Wildman–Crippen MR) is 78.2 cm³/mol. The number of nitrogens with two attached hydrogens (primary N) is 1. The van der Waals surface area contributed by atoms with E-state index in [4.69, 9.17) is 5.73 Å². The standard InChI is InChI=1S/C12H18N8O/c1-3-4-15-10-16-11(19(2)7-9(13)21)18-12(17-10)20-6-5-14-8-20/h5-6,8H,3-4,7H2,1-2H3,(H2,13,21)(H,15,16,17,18). The Morgan fingerprint density at radius 3 is 2.86 bits per heavy atom. The summed E-state index contributed by atoms with van der Waals surface area (Å²) in [5.74, 6) is 0.783. The Hall–Kier alpha value is -2.71. The van der Waals surface area contributed by atoms with Crippen LogP contribution in [0.3, 0.4) is 0 Å². The highest BCUT2D eigenvalue weighted by Gasteiger charge is 2.12. The number of hydrogen-bond acceptors (Lipinski definition) is 7. The number of amides is 1. The van der Waals surface area contributed by atoms with Gasteiger partial charge in [0.05, 0.1) is 6.54 Å². The second-order valence-corrected chi connectivity index (χ2v) is 4.48. The third-order valence-electron chi connectivity index (χ3n) is 2.61. The fourth-order valence-corrected chi connectivity index (χ4v) is 1.64. The lowest BCUT2D eigenvalue weighted by Gasteiger charge is -2.16. The molecule has 0 atom stereocenters. The second-order valence-electron chi connectivity index (χ2n) is 4.48. The topological polar surface area (TPSA) is 115 Å². The summed E-state index contributed by atoms with van der Waals surface area (Å²) in [6, 6.07) is 0. The SMILES string of the molecule is CCCNc1nc(N(C)CC(N)=O)nc(-n2ccnc2)n1. The van der Waals surface area contributed by atoms with E-state index in [0.29, 0.717) is 17.8 Å². The average Bonchev–Trinajstić information content (AvgIpc) is 2.98. The van der Waals surface area contributed by atoms with Crippen molar-refractivity contribution in [2.24, 2.45) is 5.73 Å². The molecule has 2 aromatic heterocycles. The average molecular weight is 290 g/mol. The van der Waals surface area contributed by atoms with E-state index in [9.17, 15) is 4.79 Å². The van der Waals surface area contributed by atoms with Crippen molar-refractivity contribution in [1.29, 1.82) is 0 Å². The fourth-order valence-electron chi connectivity index (χ4n) is 1.64. The second kappa shape index (κ2) is 6.64.